The molecule has 0 atom stereocenters. The third kappa shape index (κ3) is 3.51. The largest absolute Gasteiger partial charge is 0.444 e. The van der Waals surface area contributed by atoms with Gasteiger partial charge < -0.3 is 14.2 Å². The van der Waals surface area contributed by atoms with Gasteiger partial charge in [0.1, 0.15) is 5.60 Å². The van der Waals surface area contributed by atoms with Gasteiger partial charge in [-0.1, -0.05) is 0 Å². The van der Waals surface area contributed by atoms with E-state index in [2.05, 4.69) is 25.3 Å². The molecule has 0 radical (unpaired) electrons. The molecule has 122 valence electrons. The molecule has 1 aliphatic rings. The van der Waals surface area contributed by atoms with E-state index >= 15 is 0 Å². The van der Waals surface area contributed by atoms with Gasteiger partial charge >= 0.3 is 6.09 Å². The van der Waals surface area contributed by atoms with E-state index < -0.39 is 5.60 Å². The summed E-state index contributed by atoms with van der Waals surface area (Å²) >= 11 is 0. The number of hydrogen-bond acceptors (Lipinski definition) is 3. The Kier molecular flexibility index (Phi) is 4.11. The predicted octanol–water partition coefficient (Wildman–Crippen LogP) is 2.90. The summed E-state index contributed by atoms with van der Waals surface area (Å²) in [5.41, 5.74) is 1.10. The number of ether oxygens (including phenoxy) is 1. The van der Waals surface area contributed by atoms with E-state index in [0.29, 0.717) is 25.1 Å². The highest BCUT2D eigenvalue weighted by molar-refractivity contribution is 5.68. The number of pyridine rings is 1. The van der Waals surface area contributed by atoms with Crippen molar-refractivity contribution in [3.8, 4) is 0 Å². The number of nitrogens with zero attached hydrogens (tertiary/aromatic N) is 2. The van der Waals surface area contributed by atoms with Crippen molar-refractivity contribution < 1.29 is 9.53 Å². The van der Waals surface area contributed by atoms with E-state index in [1.165, 1.54) is 0 Å². The number of hydrogen-bond donors (Lipinski definition) is 0. The van der Waals surface area contributed by atoms with Crippen molar-refractivity contribution in [2.24, 2.45) is 0 Å². The smallest absolute Gasteiger partial charge is 0.410 e. The lowest BCUT2D eigenvalue weighted by Crippen LogP contribution is -2.43. The normalized spacial score (nSPS) is 15.5. The van der Waals surface area contributed by atoms with E-state index in [9.17, 15) is 9.59 Å². The van der Waals surface area contributed by atoms with Crippen LogP contribution < -0.4 is 5.43 Å². The van der Waals surface area contributed by atoms with E-state index in [4.69, 9.17) is 4.74 Å². The molecular formula is C17H26N2O3. The van der Waals surface area contributed by atoms with Crippen molar-refractivity contribution in [2.75, 3.05) is 6.54 Å². The van der Waals surface area contributed by atoms with Crippen LogP contribution in [0.3, 0.4) is 0 Å². The standard InChI is InChI=1S/C17H26N2O3/c1-16(2,3)19-10-8-14(20)12-11-18(9-7-13(12)19)15(21)22-17(4,5)6/h8,10H,7,9,11H2,1-6H3. The van der Waals surface area contributed by atoms with Crippen LogP contribution in [0, 0.1) is 0 Å². The average molecular weight is 306 g/mol. The number of fused-ring (bicyclic) bond motifs is 1. The second kappa shape index (κ2) is 5.45. The van der Waals surface area contributed by atoms with E-state index in [1.807, 2.05) is 27.0 Å². The Bertz CT molecular complexity index is 633. The molecule has 5 heteroatoms. The molecule has 0 spiro atoms. The highest BCUT2D eigenvalue weighted by Gasteiger charge is 2.29. The number of carbonyl (C=O) groups excluding carboxylic acids is 1. The highest BCUT2D eigenvalue weighted by Crippen LogP contribution is 2.23. The Morgan fingerprint density at radius 1 is 1.18 bits per heavy atom. The third-order valence-corrected chi connectivity index (χ3v) is 3.65. The zero-order valence-corrected chi connectivity index (χ0v) is 14.4. The lowest BCUT2D eigenvalue weighted by Gasteiger charge is -2.35. The molecule has 0 bridgehead atoms. The van der Waals surface area contributed by atoms with Crippen molar-refractivity contribution in [2.45, 2.75) is 65.6 Å². The molecule has 0 saturated carbocycles. The zero-order valence-electron chi connectivity index (χ0n) is 14.4. The summed E-state index contributed by atoms with van der Waals surface area (Å²) in [6.07, 6.45) is 2.16. The predicted molar refractivity (Wildman–Crippen MR) is 86.0 cm³/mol. The number of aromatic nitrogens is 1. The molecular weight excluding hydrogens is 280 g/mol. The Morgan fingerprint density at radius 3 is 2.36 bits per heavy atom. The maximum absolute atomic E-state index is 12.2. The molecule has 0 aromatic carbocycles. The Balaban J connectivity index is 2.32. The van der Waals surface area contributed by atoms with Crippen molar-refractivity contribution >= 4 is 6.09 Å². The van der Waals surface area contributed by atoms with Crippen LogP contribution in [0.1, 0.15) is 52.8 Å². The first-order chi connectivity index (χ1) is 9.99. The maximum atomic E-state index is 12.2. The molecule has 22 heavy (non-hydrogen) atoms. The summed E-state index contributed by atoms with van der Waals surface area (Å²) in [5, 5.41) is 0. The van der Waals surface area contributed by atoms with Crippen LogP contribution >= 0.6 is 0 Å². The minimum Gasteiger partial charge on any atom is -0.444 e. The van der Waals surface area contributed by atoms with Crippen molar-refractivity contribution in [1.82, 2.24) is 9.47 Å². The van der Waals surface area contributed by atoms with E-state index in [-0.39, 0.29) is 17.1 Å². The lowest BCUT2D eigenvalue weighted by atomic mass is 10.0. The first kappa shape index (κ1) is 16.6. The molecule has 0 aliphatic carbocycles. The average Bonchev–Trinajstić information content (AvgIpc) is 2.35. The molecule has 0 unspecified atom stereocenters. The van der Waals surface area contributed by atoms with Crippen LogP contribution in [0.5, 0.6) is 0 Å². The SMILES string of the molecule is CC(C)(C)OC(=O)N1CCc2c(c(=O)ccn2C(C)(C)C)C1. The topological polar surface area (TPSA) is 51.5 Å². The highest BCUT2D eigenvalue weighted by atomic mass is 16.6. The molecule has 2 rings (SSSR count). The summed E-state index contributed by atoms with van der Waals surface area (Å²) in [6, 6.07) is 1.59. The molecule has 1 aromatic rings. The minimum atomic E-state index is -0.528. The Hall–Kier alpha value is -1.78. The minimum absolute atomic E-state index is 0.0104. The molecule has 2 heterocycles. The van der Waals surface area contributed by atoms with Crippen molar-refractivity contribution in [3.05, 3.63) is 33.7 Å². The maximum Gasteiger partial charge on any atom is 0.410 e. The van der Waals surface area contributed by atoms with Crippen LogP contribution in [-0.2, 0) is 23.2 Å². The first-order valence-corrected chi connectivity index (χ1v) is 7.71. The van der Waals surface area contributed by atoms with Crippen LogP contribution in [0.4, 0.5) is 4.79 Å². The fraction of sp³-hybridized carbons (Fsp3) is 0.647. The van der Waals surface area contributed by atoms with E-state index in [0.717, 1.165) is 5.69 Å². The molecule has 5 nitrogen and oxygen atoms in total. The van der Waals surface area contributed by atoms with Crippen molar-refractivity contribution in [1.29, 1.82) is 0 Å². The van der Waals surface area contributed by atoms with Crippen LogP contribution in [-0.4, -0.2) is 27.7 Å². The monoisotopic (exact) mass is 306 g/mol. The number of carbonyl (C=O) groups is 1. The molecule has 0 fully saturated rings. The van der Waals surface area contributed by atoms with Gasteiger partial charge in [-0.3, -0.25) is 4.79 Å². The fourth-order valence-corrected chi connectivity index (χ4v) is 2.68. The van der Waals surface area contributed by atoms with Gasteiger partial charge in [-0.2, -0.15) is 0 Å². The summed E-state index contributed by atoms with van der Waals surface area (Å²) in [4.78, 5) is 26.0. The fourth-order valence-electron chi connectivity index (χ4n) is 2.68. The summed E-state index contributed by atoms with van der Waals surface area (Å²) in [7, 11) is 0. The quantitative estimate of drug-likeness (QED) is 0.740. The van der Waals surface area contributed by atoms with Gasteiger partial charge in [-0.25, -0.2) is 4.79 Å². The Labute approximate surface area is 131 Å². The molecule has 1 amide bonds. The number of amides is 1. The lowest BCUT2D eigenvalue weighted by molar-refractivity contribution is 0.0220. The molecule has 1 aromatic heterocycles. The Morgan fingerprint density at radius 2 is 1.82 bits per heavy atom. The summed E-state index contributed by atoms with van der Waals surface area (Å²) in [6.45, 7) is 12.7. The van der Waals surface area contributed by atoms with Gasteiger partial charge in [-0.05, 0) is 41.5 Å². The number of rotatable bonds is 0. The van der Waals surface area contributed by atoms with Gasteiger partial charge in [0.15, 0.2) is 5.43 Å². The molecule has 0 saturated heterocycles. The van der Waals surface area contributed by atoms with E-state index in [1.54, 1.807) is 11.0 Å². The molecule has 1 aliphatic heterocycles. The van der Waals surface area contributed by atoms with Gasteiger partial charge in [0.05, 0.1) is 6.54 Å². The second-order valence-corrected chi connectivity index (χ2v) is 7.80. The zero-order chi connectivity index (χ0) is 16.7. The van der Waals surface area contributed by atoms with Gasteiger partial charge in [0, 0.05) is 42.0 Å². The first-order valence-electron chi connectivity index (χ1n) is 7.71. The summed E-state index contributed by atoms with van der Waals surface area (Å²) in [5.74, 6) is 0. The van der Waals surface area contributed by atoms with Crippen LogP contribution in [0.25, 0.3) is 0 Å². The second-order valence-electron chi connectivity index (χ2n) is 7.80. The van der Waals surface area contributed by atoms with Gasteiger partial charge in [0.25, 0.3) is 0 Å². The van der Waals surface area contributed by atoms with Crippen molar-refractivity contribution in [3.63, 3.8) is 0 Å². The summed E-state index contributed by atoms with van der Waals surface area (Å²) < 4.78 is 7.54. The van der Waals surface area contributed by atoms with Crippen LogP contribution in [0.15, 0.2) is 17.1 Å². The third-order valence-electron chi connectivity index (χ3n) is 3.65. The van der Waals surface area contributed by atoms with Gasteiger partial charge in [-0.15, -0.1) is 0 Å². The van der Waals surface area contributed by atoms with Crippen LogP contribution in [0.2, 0.25) is 0 Å². The molecule has 0 N–H and O–H groups in total. The van der Waals surface area contributed by atoms with Gasteiger partial charge in [0.2, 0.25) is 0 Å².